The van der Waals surface area contributed by atoms with Crippen LogP contribution < -0.4 is 0 Å². The number of piperidine rings is 1. The highest BCUT2D eigenvalue weighted by atomic mass is 35.5. The number of hydrogen-bond acceptors (Lipinski definition) is 4. The molecule has 1 fully saturated rings. The molecule has 4 heterocycles. The number of halogens is 1. The number of rotatable bonds is 2. The van der Waals surface area contributed by atoms with Crippen LogP contribution in [0.1, 0.15) is 57.3 Å². The van der Waals surface area contributed by atoms with E-state index in [1.807, 2.05) is 38.1 Å². The molecule has 3 aromatic rings. The molecule has 1 atom stereocenters. The standard InChI is InChI=1S/C23H24ClN5O3/c1-13-20(24)14(2)29-21(25-13)18-11-28(12-19(18)26-29)22(30)17-8-4-3-7-16(17)15-6-5-9-27(10-15)23(31)32/h3-4,7-8,15H,5-6,9-12H2,1-2H3,(H,31,32). The third-order valence-corrected chi connectivity index (χ3v) is 7.11. The summed E-state index contributed by atoms with van der Waals surface area (Å²) in [5.74, 6) is -0.0518. The molecule has 8 nitrogen and oxygen atoms in total. The van der Waals surface area contributed by atoms with Gasteiger partial charge in [-0.25, -0.2) is 14.3 Å². The van der Waals surface area contributed by atoms with Gasteiger partial charge in [0.2, 0.25) is 0 Å². The number of aryl methyl sites for hydroxylation is 2. The second-order valence-corrected chi connectivity index (χ2v) is 8.95. The van der Waals surface area contributed by atoms with E-state index in [4.69, 9.17) is 11.6 Å². The zero-order valence-electron chi connectivity index (χ0n) is 18.0. The maximum absolute atomic E-state index is 13.5. The van der Waals surface area contributed by atoms with Gasteiger partial charge in [-0.1, -0.05) is 29.8 Å². The number of likely N-dealkylation sites (tertiary alicyclic amines) is 1. The quantitative estimate of drug-likeness (QED) is 0.633. The summed E-state index contributed by atoms with van der Waals surface area (Å²) in [4.78, 5) is 32.8. The first kappa shape index (κ1) is 20.8. The smallest absolute Gasteiger partial charge is 0.407 e. The van der Waals surface area contributed by atoms with E-state index >= 15 is 0 Å². The van der Waals surface area contributed by atoms with Crippen molar-refractivity contribution in [3.63, 3.8) is 0 Å². The molecule has 32 heavy (non-hydrogen) atoms. The maximum Gasteiger partial charge on any atom is 0.407 e. The second-order valence-electron chi connectivity index (χ2n) is 8.57. The molecule has 0 spiro atoms. The molecule has 2 aliphatic rings. The fraction of sp³-hybridized carbons (Fsp3) is 0.391. The summed E-state index contributed by atoms with van der Waals surface area (Å²) in [6.45, 7) is 5.58. The first-order chi connectivity index (χ1) is 15.3. The maximum atomic E-state index is 13.5. The Balaban J connectivity index is 1.43. The van der Waals surface area contributed by atoms with E-state index in [-0.39, 0.29) is 11.8 Å². The first-order valence-electron chi connectivity index (χ1n) is 10.7. The number of carbonyl (C=O) groups excluding carboxylic acids is 1. The van der Waals surface area contributed by atoms with Crippen LogP contribution in [0.4, 0.5) is 4.79 Å². The summed E-state index contributed by atoms with van der Waals surface area (Å²) in [5.41, 5.74) is 5.67. The first-order valence-corrected chi connectivity index (χ1v) is 11.1. The predicted octanol–water partition coefficient (Wildman–Crippen LogP) is 4.01. The van der Waals surface area contributed by atoms with Crippen LogP contribution in [0.25, 0.3) is 5.65 Å². The summed E-state index contributed by atoms with van der Waals surface area (Å²) >= 11 is 6.33. The van der Waals surface area contributed by atoms with Gasteiger partial charge >= 0.3 is 6.09 Å². The van der Waals surface area contributed by atoms with E-state index in [2.05, 4.69) is 10.1 Å². The Morgan fingerprint density at radius 1 is 1.16 bits per heavy atom. The van der Waals surface area contributed by atoms with E-state index in [0.29, 0.717) is 36.8 Å². The average Bonchev–Trinajstić information content (AvgIpc) is 3.36. The Hall–Kier alpha value is -3.13. The lowest BCUT2D eigenvalue weighted by Gasteiger charge is -2.32. The van der Waals surface area contributed by atoms with Crippen LogP contribution in [-0.4, -0.2) is 54.6 Å². The molecule has 0 aliphatic carbocycles. The summed E-state index contributed by atoms with van der Waals surface area (Å²) in [6, 6.07) is 7.56. The summed E-state index contributed by atoms with van der Waals surface area (Å²) in [7, 11) is 0. The lowest BCUT2D eigenvalue weighted by molar-refractivity contribution is 0.0747. The number of nitrogens with zero attached hydrogens (tertiary/aromatic N) is 5. The molecule has 0 saturated carbocycles. The predicted molar refractivity (Wildman–Crippen MR) is 119 cm³/mol. The van der Waals surface area contributed by atoms with Gasteiger partial charge in [-0.05, 0) is 38.3 Å². The lowest BCUT2D eigenvalue weighted by atomic mass is 9.87. The Morgan fingerprint density at radius 3 is 2.72 bits per heavy atom. The zero-order valence-corrected chi connectivity index (χ0v) is 18.8. The molecule has 1 saturated heterocycles. The monoisotopic (exact) mass is 453 g/mol. The Kier molecular flexibility index (Phi) is 5.04. The van der Waals surface area contributed by atoms with Crippen molar-refractivity contribution in [2.45, 2.75) is 45.7 Å². The van der Waals surface area contributed by atoms with Crippen molar-refractivity contribution in [3.8, 4) is 0 Å². The third-order valence-electron chi connectivity index (χ3n) is 6.57. The lowest BCUT2D eigenvalue weighted by Crippen LogP contribution is -2.38. The molecular weight excluding hydrogens is 430 g/mol. The normalized spacial score (nSPS) is 18.3. The molecule has 2 amide bonds. The molecule has 166 valence electrons. The molecular formula is C23H24ClN5O3. The minimum Gasteiger partial charge on any atom is -0.465 e. The molecule has 0 radical (unpaired) electrons. The van der Waals surface area contributed by atoms with Crippen molar-refractivity contribution in [3.05, 3.63) is 63.1 Å². The van der Waals surface area contributed by atoms with Gasteiger partial charge in [-0.2, -0.15) is 5.10 Å². The van der Waals surface area contributed by atoms with Gasteiger partial charge in [0.05, 0.1) is 35.2 Å². The van der Waals surface area contributed by atoms with E-state index in [1.54, 1.807) is 9.42 Å². The molecule has 2 aliphatic heterocycles. The summed E-state index contributed by atoms with van der Waals surface area (Å²) in [6.07, 6.45) is 0.749. The van der Waals surface area contributed by atoms with Gasteiger partial charge in [-0.3, -0.25) is 4.79 Å². The fourth-order valence-corrected chi connectivity index (χ4v) is 5.00. The van der Waals surface area contributed by atoms with Crippen molar-refractivity contribution >= 4 is 29.2 Å². The fourth-order valence-electron chi connectivity index (χ4n) is 4.88. The number of carbonyl (C=O) groups is 2. The van der Waals surface area contributed by atoms with Gasteiger partial charge < -0.3 is 14.9 Å². The van der Waals surface area contributed by atoms with Gasteiger partial charge in [0.15, 0.2) is 5.65 Å². The van der Waals surface area contributed by atoms with Gasteiger partial charge in [0, 0.05) is 30.1 Å². The van der Waals surface area contributed by atoms with Crippen molar-refractivity contribution in [2.24, 2.45) is 0 Å². The molecule has 0 bridgehead atoms. The van der Waals surface area contributed by atoms with Crippen LogP contribution in [0.2, 0.25) is 5.02 Å². The Bertz CT molecular complexity index is 1250. The van der Waals surface area contributed by atoms with Crippen molar-refractivity contribution in [1.29, 1.82) is 0 Å². The van der Waals surface area contributed by atoms with Gasteiger partial charge in [0.25, 0.3) is 5.91 Å². The molecule has 1 aromatic carbocycles. The topological polar surface area (TPSA) is 91.0 Å². The van der Waals surface area contributed by atoms with E-state index in [9.17, 15) is 14.7 Å². The van der Waals surface area contributed by atoms with Crippen LogP contribution in [0, 0.1) is 13.8 Å². The van der Waals surface area contributed by atoms with Crippen molar-refractivity contribution in [2.75, 3.05) is 13.1 Å². The molecule has 5 rings (SSSR count). The van der Waals surface area contributed by atoms with Crippen LogP contribution in [0.5, 0.6) is 0 Å². The van der Waals surface area contributed by atoms with Crippen LogP contribution in [0.3, 0.4) is 0 Å². The minimum atomic E-state index is -0.908. The van der Waals surface area contributed by atoms with Crippen LogP contribution >= 0.6 is 11.6 Å². The highest BCUT2D eigenvalue weighted by molar-refractivity contribution is 6.31. The van der Waals surface area contributed by atoms with Crippen LogP contribution in [0.15, 0.2) is 24.3 Å². The number of carboxylic acid groups (broad SMARTS) is 1. The summed E-state index contributed by atoms with van der Waals surface area (Å²) < 4.78 is 1.76. The second kappa shape index (κ2) is 7.78. The van der Waals surface area contributed by atoms with Gasteiger partial charge in [0.1, 0.15) is 0 Å². The number of fused-ring (bicyclic) bond motifs is 3. The van der Waals surface area contributed by atoms with Crippen molar-refractivity contribution < 1.29 is 14.7 Å². The zero-order chi connectivity index (χ0) is 22.6. The molecule has 1 unspecified atom stereocenters. The third kappa shape index (κ3) is 3.30. The van der Waals surface area contributed by atoms with Crippen molar-refractivity contribution in [1.82, 2.24) is 24.4 Å². The molecule has 9 heteroatoms. The number of amides is 2. The highest BCUT2D eigenvalue weighted by Gasteiger charge is 2.33. The Morgan fingerprint density at radius 2 is 1.94 bits per heavy atom. The molecule has 2 aromatic heterocycles. The minimum absolute atomic E-state index is 0.0116. The van der Waals surface area contributed by atoms with Crippen LogP contribution in [-0.2, 0) is 13.1 Å². The Labute approximate surface area is 190 Å². The van der Waals surface area contributed by atoms with Gasteiger partial charge in [-0.15, -0.1) is 0 Å². The SMILES string of the molecule is Cc1nc2c3c(nn2c(C)c1Cl)CN(C(=O)c1ccccc1C1CCCN(C(=O)O)C1)C3. The number of aromatic nitrogens is 3. The molecule has 1 N–H and O–H groups in total. The average molecular weight is 454 g/mol. The van der Waals surface area contributed by atoms with E-state index in [0.717, 1.165) is 46.7 Å². The highest BCUT2D eigenvalue weighted by Crippen LogP contribution is 2.33. The number of hydrogen-bond donors (Lipinski definition) is 1. The largest absolute Gasteiger partial charge is 0.465 e. The van der Waals surface area contributed by atoms with E-state index < -0.39 is 6.09 Å². The van der Waals surface area contributed by atoms with E-state index in [1.165, 1.54) is 4.90 Å². The summed E-state index contributed by atoms with van der Waals surface area (Å²) in [5, 5.41) is 14.7. The number of benzene rings is 1.